The van der Waals surface area contributed by atoms with Crippen LogP contribution in [-0.4, -0.2) is 25.8 Å². The zero-order chi connectivity index (χ0) is 17.4. The summed E-state index contributed by atoms with van der Waals surface area (Å²) in [6.45, 7) is 0. The maximum atomic E-state index is 13.1. The van der Waals surface area contributed by atoms with Crippen molar-refractivity contribution in [2.75, 3.05) is 17.1 Å². The number of nitrogens with one attached hydrogen (secondary N) is 2. The first kappa shape index (κ1) is 15.4. The highest BCUT2D eigenvalue weighted by atomic mass is 32.2. The number of rotatable bonds is 4. The number of hydrogen-bond acceptors (Lipinski definition) is 6. The molecule has 3 aromatic carbocycles. The van der Waals surface area contributed by atoms with Crippen molar-refractivity contribution in [1.29, 1.82) is 0 Å². The van der Waals surface area contributed by atoms with E-state index in [0.29, 0.717) is 27.8 Å². The van der Waals surface area contributed by atoms with Crippen LogP contribution < -0.4 is 10.0 Å². The molecule has 1 aromatic heterocycles. The molecule has 25 heavy (non-hydrogen) atoms. The summed E-state index contributed by atoms with van der Waals surface area (Å²) >= 11 is 0. The van der Waals surface area contributed by atoms with Gasteiger partial charge in [0.25, 0.3) is 10.0 Å². The number of fused-ring (bicyclic) bond motifs is 2. The van der Waals surface area contributed by atoms with Crippen LogP contribution >= 0.6 is 0 Å². The zero-order valence-electron chi connectivity index (χ0n) is 13.2. The average Bonchev–Trinajstić information content (AvgIpc) is 3.08. The Balaban J connectivity index is 1.85. The zero-order valence-corrected chi connectivity index (χ0v) is 14.0. The Kier molecular flexibility index (Phi) is 3.54. The van der Waals surface area contributed by atoms with Gasteiger partial charge in [-0.05, 0) is 40.0 Å². The van der Waals surface area contributed by atoms with Crippen LogP contribution in [0.1, 0.15) is 0 Å². The van der Waals surface area contributed by atoms with Crippen molar-refractivity contribution in [3.8, 4) is 0 Å². The molecular formula is C17H14N4O3S. The first-order chi connectivity index (χ1) is 12.1. The van der Waals surface area contributed by atoms with Gasteiger partial charge in [-0.3, -0.25) is 4.72 Å². The molecule has 126 valence electrons. The van der Waals surface area contributed by atoms with E-state index in [0.717, 1.165) is 5.39 Å². The second kappa shape index (κ2) is 5.75. The molecule has 0 atom stereocenters. The fraction of sp³-hybridized carbons (Fsp3) is 0.0588. The van der Waals surface area contributed by atoms with E-state index in [4.69, 9.17) is 0 Å². The van der Waals surface area contributed by atoms with Crippen LogP contribution in [0.25, 0.3) is 21.8 Å². The van der Waals surface area contributed by atoms with Crippen LogP contribution in [0.4, 0.5) is 11.4 Å². The van der Waals surface area contributed by atoms with Crippen molar-refractivity contribution < 1.29 is 13.0 Å². The molecular weight excluding hydrogens is 340 g/mol. The van der Waals surface area contributed by atoms with E-state index in [9.17, 15) is 8.42 Å². The molecule has 7 nitrogen and oxygen atoms in total. The molecule has 0 aliphatic heterocycles. The topological polar surface area (TPSA) is 97.1 Å². The van der Waals surface area contributed by atoms with Crippen LogP contribution in [0.3, 0.4) is 0 Å². The monoisotopic (exact) mass is 354 g/mol. The van der Waals surface area contributed by atoms with Gasteiger partial charge in [0, 0.05) is 12.4 Å². The molecule has 2 N–H and O–H groups in total. The molecule has 4 rings (SSSR count). The van der Waals surface area contributed by atoms with Crippen molar-refractivity contribution >= 4 is 43.2 Å². The van der Waals surface area contributed by atoms with E-state index in [1.165, 1.54) is 0 Å². The normalized spacial score (nSPS) is 11.7. The molecule has 0 bridgehead atoms. The molecule has 0 radical (unpaired) electrons. The molecule has 0 spiro atoms. The van der Waals surface area contributed by atoms with Gasteiger partial charge in [-0.15, -0.1) is 0 Å². The number of sulfonamides is 1. The summed E-state index contributed by atoms with van der Waals surface area (Å²) in [5, 5.41) is 11.9. The third-order valence-electron chi connectivity index (χ3n) is 3.92. The summed E-state index contributed by atoms with van der Waals surface area (Å²) in [7, 11) is -2.13. The summed E-state index contributed by atoms with van der Waals surface area (Å²) in [5.74, 6) is 0. The second-order valence-corrected chi connectivity index (χ2v) is 7.11. The third-order valence-corrected chi connectivity index (χ3v) is 5.41. The van der Waals surface area contributed by atoms with Gasteiger partial charge in [-0.25, -0.2) is 13.0 Å². The van der Waals surface area contributed by atoms with Gasteiger partial charge in [0.15, 0.2) is 0 Å². The highest BCUT2D eigenvalue weighted by Crippen LogP contribution is 2.32. The summed E-state index contributed by atoms with van der Waals surface area (Å²) < 4.78 is 33.4. The highest BCUT2D eigenvalue weighted by molar-refractivity contribution is 7.93. The molecule has 0 amide bonds. The summed E-state index contributed by atoms with van der Waals surface area (Å²) in [5.41, 5.74) is 1.95. The maximum Gasteiger partial charge on any atom is 0.264 e. The molecule has 0 saturated heterocycles. The quantitative estimate of drug-likeness (QED) is 0.584. The lowest BCUT2D eigenvalue weighted by Gasteiger charge is -2.14. The van der Waals surface area contributed by atoms with Gasteiger partial charge in [0.1, 0.15) is 15.9 Å². The minimum atomic E-state index is -3.83. The van der Waals surface area contributed by atoms with E-state index in [2.05, 4.69) is 25.0 Å². The minimum Gasteiger partial charge on any atom is -0.387 e. The smallest absolute Gasteiger partial charge is 0.264 e. The van der Waals surface area contributed by atoms with Gasteiger partial charge in [-0.1, -0.05) is 30.3 Å². The van der Waals surface area contributed by atoms with Crippen molar-refractivity contribution in [1.82, 2.24) is 10.3 Å². The lowest BCUT2D eigenvalue weighted by Crippen LogP contribution is -2.15. The van der Waals surface area contributed by atoms with Crippen LogP contribution in [0, 0.1) is 0 Å². The first-order valence-electron chi connectivity index (χ1n) is 7.53. The second-order valence-electron chi connectivity index (χ2n) is 5.49. The first-order valence-corrected chi connectivity index (χ1v) is 9.01. The summed E-state index contributed by atoms with van der Waals surface area (Å²) in [4.78, 5) is 0.200. The third kappa shape index (κ3) is 2.66. The van der Waals surface area contributed by atoms with Crippen LogP contribution in [0.15, 0.2) is 64.1 Å². The van der Waals surface area contributed by atoms with Crippen LogP contribution in [0.2, 0.25) is 0 Å². The Morgan fingerprint density at radius 3 is 2.60 bits per heavy atom. The van der Waals surface area contributed by atoms with Gasteiger partial charge in [-0.2, -0.15) is 0 Å². The Bertz CT molecular complexity index is 1180. The lowest BCUT2D eigenvalue weighted by molar-refractivity contribution is 0.315. The summed E-state index contributed by atoms with van der Waals surface area (Å²) in [6, 6.07) is 15.8. The number of nitrogens with zero attached hydrogens (tertiary/aromatic N) is 2. The molecule has 0 unspecified atom stereocenters. The van der Waals surface area contributed by atoms with Crippen molar-refractivity contribution in [3.63, 3.8) is 0 Å². The SMILES string of the molecule is CNc1ccc2ccccc2c1S(=O)(=O)Nc1ccc2nonc2c1. The maximum absolute atomic E-state index is 13.1. The van der Waals surface area contributed by atoms with Crippen molar-refractivity contribution in [2.24, 2.45) is 0 Å². The average molecular weight is 354 g/mol. The predicted molar refractivity (Wildman–Crippen MR) is 96.1 cm³/mol. The number of aromatic nitrogens is 2. The lowest BCUT2D eigenvalue weighted by atomic mass is 10.1. The molecule has 1 heterocycles. The predicted octanol–water partition coefficient (Wildman–Crippen LogP) is 3.22. The van der Waals surface area contributed by atoms with Gasteiger partial charge >= 0.3 is 0 Å². The van der Waals surface area contributed by atoms with E-state index in [-0.39, 0.29) is 4.90 Å². The Hall–Kier alpha value is -3.13. The van der Waals surface area contributed by atoms with E-state index < -0.39 is 10.0 Å². The van der Waals surface area contributed by atoms with E-state index in [1.54, 1.807) is 37.4 Å². The van der Waals surface area contributed by atoms with Crippen LogP contribution in [-0.2, 0) is 10.0 Å². The molecule has 0 aliphatic carbocycles. The summed E-state index contributed by atoms with van der Waals surface area (Å²) in [6.07, 6.45) is 0. The van der Waals surface area contributed by atoms with Gasteiger partial charge < -0.3 is 5.32 Å². The molecule has 0 fully saturated rings. The Labute approximate surface area is 143 Å². The molecule has 0 saturated carbocycles. The highest BCUT2D eigenvalue weighted by Gasteiger charge is 2.22. The minimum absolute atomic E-state index is 0.200. The molecule has 4 aromatic rings. The molecule has 0 aliphatic rings. The number of anilines is 2. The standard InChI is InChI=1S/C17H14N4O3S/c1-18-15-8-6-11-4-2-3-5-13(11)17(15)25(22,23)21-12-7-9-14-16(10-12)20-24-19-14/h2-10,18,21H,1H3. The van der Waals surface area contributed by atoms with Gasteiger partial charge in [0.2, 0.25) is 0 Å². The van der Waals surface area contributed by atoms with Crippen molar-refractivity contribution in [3.05, 3.63) is 54.6 Å². The molecule has 8 heteroatoms. The van der Waals surface area contributed by atoms with Crippen molar-refractivity contribution in [2.45, 2.75) is 4.90 Å². The van der Waals surface area contributed by atoms with E-state index >= 15 is 0 Å². The Morgan fingerprint density at radius 2 is 1.76 bits per heavy atom. The largest absolute Gasteiger partial charge is 0.387 e. The van der Waals surface area contributed by atoms with E-state index in [1.807, 2.05) is 24.3 Å². The number of hydrogen-bond donors (Lipinski definition) is 2. The fourth-order valence-electron chi connectivity index (χ4n) is 2.78. The van der Waals surface area contributed by atoms with Crippen LogP contribution in [0.5, 0.6) is 0 Å². The number of benzene rings is 3. The fourth-order valence-corrected chi connectivity index (χ4v) is 4.26. The Morgan fingerprint density at radius 1 is 0.960 bits per heavy atom. The van der Waals surface area contributed by atoms with Gasteiger partial charge in [0.05, 0.1) is 11.4 Å².